The Morgan fingerprint density at radius 1 is 1.08 bits per heavy atom. The van der Waals surface area contributed by atoms with Crippen molar-refractivity contribution in [3.63, 3.8) is 0 Å². The van der Waals surface area contributed by atoms with Crippen LogP contribution in [0.5, 0.6) is 0 Å². The highest BCUT2D eigenvalue weighted by atomic mass is 19.1. The van der Waals surface area contributed by atoms with Gasteiger partial charge >= 0.3 is 0 Å². The average Bonchev–Trinajstić information content (AvgIpc) is 3.69. The highest BCUT2D eigenvalue weighted by Gasteiger charge is 2.24. The maximum Gasteiger partial charge on any atom is 0.255 e. The van der Waals surface area contributed by atoms with Crippen molar-refractivity contribution in [2.75, 3.05) is 50.0 Å². The Hall–Kier alpha value is -5.09. The van der Waals surface area contributed by atoms with Crippen molar-refractivity contribution >= 4 is 28.6 Å². The number of aliphatic hydroxyl groups is 1. The molecule has 1 fully saturated rings. The molecule has 0 spiro atoms. The molecule has 1 aliphatic heterocycles. The first-order chi connectivity index (χ1) is 23.0. The molecule has 48 heavy (non-hydrogen) atoms. The Bertz CT molecular complexity index is 2000. The van der Waals surface area contributed by atoms with Crippen LogP contribution >= 0.6 is 0 Å². The summed E-state index contributed by atoms with van der Waals surface area (Å²) in [7, 11) is 1.84. The number of anilines is 3. The number of nitrogens with one attached hydrogen (secondary N) is 2. The number of carbonyl (C=O) groups is 1. The van der Waals surface area contributed by atoms with Crippen molar-refractivity contribution < 1.29 is 14.3 Å². The lowest BCUT2D eigenvalue weighted by Gasteiger charge is -2.34. The summed E-state index contributed by atoms with van der Waals surface area (Å²) >= 11 is 0. The summed E-state index contributed by atoms with van der Waals surface area (Å²) in [6, 6.07) is 14.8. The fourth-order valence-corrected chi connectivity index (χ4v) is 6.08. The number of hydrogen-bond donors (Lipinski definition) is 3. The highest BCUT2D eigenvalue weighted by molar-refractivity contribution is 6.05. The van der Waals surface area contributed by atoms with Gasteiger partial charge in [-0.2, -0.15) is 10.4 Å². The standard InChI is InChI=1S/C36H40FN9O2/c1-24-30(33-20-39-34-32(6-5-7-46(33)34)41-29-19-40-43(4)22-29)16-26(17-31(24)37)35(48)42-28-15-25(14-27(18-28)36(2,3)23-38)21-45-10-8-44(9-11-45)12-13-47/h5-7,14-20,22,41,47H,8-13,21H2,1-4H3,(H,42,48). The fraction of sp³-hybridized carbons (Fsp3) is 0.333. The van der Waals surface area contributed by atoms with Crippen LogP contribution < -0.4 is 10.6 Å². The number of halogens is 1. The van der Waals surface area contributed by atoms with E-state index in [-0.39, 0.29) is 12.2 Å². The summed E-state index contributed by atoms with van der Waals surface area (Å²) in [6.45, 7) is 10.3. The van der Waals surface area contributed by atoms with E-state index < -0.39 is 17.1 Å². The van der Waals surface area contributed by atoms with Gasteiger partial charge in [0.2, 0.25) is 0 Å². The highest BCUT2D eigenvalue weighted by Crippen LogP contribution is 2.32. The summed E-state index contributed by atoms with van der Waals surface area (Å²) in [6.07, 6.45) is 7.11. The molecular weight excluding hydrogens is 609 g/mol. The molecule has 6 rings (SSSR count). The minimum absolute atomic E-state index is 0.144. The number of nitrogens with zero attached hydrogens (tertiary/aromatic N) is 7. The number of aryl methyl sites for hydroxylation is 1. The Morgan fingerprint density at radius 3 is 2.56 bits per heavy atom. The maximum atomic E-state index is 15.5. The SMILES string of the molecule is Cc1c(F)cc(C(=O)Nc2cc(CN3CCN(CCO)CC3)cc(C(C)(C)C#N)c2)cc1-c1cnc2c(Nc3cnn(C)c3)cccn12. The largest absolute Gasteiger partial charge is 0.395 e. The van der Waals surface area contributed by atoms with Crippen molar-refractivity contribution in [2.24, 2.45) is 7.05 Å². The molecule has 1 saturated heterocycles. The van der Waals surface area contributed by atoms with Crippen LogP contribution in [0.1, 0.15) is 40.9 Å². The molecular formula is C36H40FN9O2. The van der Waals surface area contributed by atoms with Crippen molar-refractivity contribution in [1.82, 2.24) is 29.0 Å². The molecule has 2 aromatic carbocycles. The molecule has 1 amide bonds. The molecule has 4 heterocycles. The monoisotopic (exact) mass is 649 g/mol. The van der Waals surface area contributed by atoms with Crippen LogP contribution in [0, 0.1) is 24.1 Å². The summed E-state index contributed by atoms with van der Waals surface area (Å²) < 4.78 is 19.0. The number of nitriles is 1. The predicted molar refractivity (Wildman–Crippen MR) is 184 cm³/mol. The lowest BCUT2D eigenvalue weighted by Crippen LogP contribution is -2.46. The number of fused-ring (bicyclic) bond motifs is 1. The normalized spacial score (nSPS) is 14.3. The van der Waals surface area contributed by atoms with Gasteiger partial charge in [0.15, 0.2) is 5.65 Å². The van der Waals surface area contributed by atoms with Crippen molar-refractivity contribution in [3.8, 4) is 17.3 Å². The first-order valence-corrected chi connectivity index (χ1v) is 16.0. The van der Waals surface area contributed by atoms with Crippen LogP contribution in [0.15, 0.2) is 67.3 Å². The Labute approximate surface area is 279 Å². The van der Waals surface area contributed by atoms with Crippen molar-refractivity contribution in [1.29, 1.82) is 5.26 Å². The lowest BCUT2D eigenvalue weighted by molar-refractivity contribution is 0.102. The zero-order valence-electron chi connectivity index (χ0n) is 27.7. The first kappa shape index (κ1) is 32.8. The van der Waals surface area contributed by atoms with E-state index in [1.165, 1.54) is 6.07 Å². The third-order valence-corrected chi connectivity index (χ3v) is 8.94. The van der Waals surface area contributed by atoms with Gasteiger partial charge in [-0.1, -0.05) is 6.07 Å². The van der Waals surface area contributed by atoms with Crippen LogP contribution in [-0.4, -0.2) is 79.3 Å². The number of pyridine rings is 1. The second-order valence-electron chi connectivity index (χ2n) is 12.9. The molecule has 248 valence electrons. The summed E-state index contributed by atoms with van der Waals surface area (Å²) in [4.78, 5) is 22.9. The average molecular weight is 650 g/mol. The molecule has 0 bridgehead atoms. The first-order valence-electron chi connectivity index (χ1n) is 16.0. The van der Waals surface area contributed by atoms with Crippen LogP contribution in [-0.2, 0) is 19.0 Å². The lowest BCUT2D eigenvalue weighted by atomic mass is 9.85. The van der Waals surface area contributed by atoms with Crippen molar-refractivity contribution in [3.05, 3.63) is 95.3 Å². The van der Waals surface area contributed by atoms with Gasteiger partial charge in [0.25, 0.3) is 5.91 Å². The van der Waals surface area contributed by atoms with E-state index in [2.05, 4.69) is 36.6 Å². The number of benzene rings is 2. The number of rotatable bonds is 10. The topological polar surface area (TPSA) is 127 Å². The molecule has 0 aliphatic carbocycles. The van der Waals surface area contributed by atoms with E-state index in [9.17, 15) is 15.2 Å². The van der Waals surface area contributed by atoms with Gasteiger partial charge in [0.05, 0.1) is 47.6 Å². The molecule has 3 aromatic heterocycles. The van der Waals surface area contributed by atoms with E-state index >= 15 is 4.39 Å². The molecule has 0 saturated carbocycles. The predicted octanol–water partition coefficient (Wildman–Crippen LogP) is 5.09. The molecule has 1 aliphatic rings. The summed E-state index contributed by atoms with van der Waals surface area (Å²) in [5, 5.41) is 29.7. The van der Waals surface area contributed by atoms with Crippen LogP contribution in [0.3, 0.4) is 0 Å². The third-order valence-electron chi connectivity index (χ3n) is 8.94. The number of aromatic nitrogens is 4. The number of piperazine rings is 1. The smallest absolute Gasteiger partial charge is 0.255 e. The van der Waals surface area contributed by atoms with E-state index in [4.69, 9.17) is 0 Å². The number of amides is 1. The summed E-state index contributed by atoms with van der Waals surface area (Å²) in [5.74, 6) is -0.962. The number of imidazole rings is 1. The van der Waals surface area contributed by atoms with Gasteiger partial charge in [-0.25, -0.2) is 9.37 Å². The minimum atomic E-state index is -0.785. The third kappa shape index (κ3) is 6.94. The number of carbonyl (C=O) groups excluding carboxylic acids is 1. The van der Waals surface area contributed by atoms with E-state index in [1.54, 1.807) is 30.1 Å². The second kappa shape index (κ2) is 13.6. The Morgan fingerprint density at radius 2 is 1.85 bits per heavy atom. The van der Waals surface area contributed by atoms with Crippen LogP contribution in [0.2, 0.25) is 0 Å². The molecule has 5 aromatic rings. The van der Waals surface area contributed by atoms with E-state index in [0.717, 1.165) is 48.7 Å². The molecule has 0 atom stereocenters. The van der Waals surface area contributed by atoms with Gasteiger partial charge < -0.3 is 15.7 Å². The zero-order valence-corrected chi connectivity index (χ0v) is 27.7. The van der Waals surface area contributed by atoms with E-state index in [1.807, 2.05) is 68.0 Å². The summed E-state index contributed by atoms with van der Waals surface area (Å²) in [5.41, 5.74) is 5.48. The van der Waals surface area contributed by atoms with Crippen molar-refractivity contribution in [2.45, 2.75) is 32.7 Å². The van der Waals surface area contributed by atoms with Gasteiger partial charge in [-0.3, -0.25) is 23.7 Å². The fourth-order valence-electron chi connectivity index (χ4n) is 6.08. The number of β-amino-alcohol motifs (C(OH)–C–C–N with tert-alkyl or cyclic N) is 1. The number of hydrogen-bond acceptors (Lipinski definition) is 8. The Balaban J connectivity index is 1.28. The molecule has 0 unspecified atom stereocenters. The van der Waals surface area contributed by atoms with Gasteiger partial charge in [-0.15, -0.1) is 0 Å². The molecule has 0 radical (unpaired) electrons. The quantitative estimate of drug-likeness (QED) is 0.191. The molecule has 11 nitrogen and oxygen atoms in total. The van der Waals surface area contributed by atoms with Gasteiger partial charge in [-0.05, 0) is 73.9 Å². The Kier molecular flexibility index (Phi) is 9.28. The van der Waals surface area contributed by atoms with E-state index in [0.29, 0.717) is 41.2 Å². The van der Waals surface area contributed by atoms with Crippen LogP contribution in [0.4, 0.5) is 21.5 Å². The van der Waals surface area contributed by atoms with Gasteiger partial charge in [0.1, 0.15) is 5.82 Å². The number of aliphatic hydroxyl groups excluding tert-OH is 1. The molecule has 12 heteroatoms. The van der Waals surface area contributed by atoms with Gasteiger partial charge in [0, 0.05) is 75.5 Å². The molecule has 3 N–H and O–H groups in total. The van der Waals surface area contributed by atoms with Crippen LogP contribution in [0.25, 0.3) is 16.9 Å². The minimum Gasteiger partial charge on any atom is -0.395 e. The zero-order chi connectivity index (χ0) is 34.0. The second-order valence-corrected chi connectivity index (χ2v) is 12.9. The maximum absolute atomic E-state index is 15.5.